The van der Waals surface area contributed by atoms with Crippen LogP contribution in [0, 0.1) is 0 Å². The summed E-state index contributed by atoms with van der Waals surface area (Å²) in [5.41, 5.74) is 7.27. The van der Waals surface area contributed by atoms with Crippen molar-refractivity contribution in [2.75, 3.05) is 20.3 Å². The van der Waals surface area contributed by atoms with E-state index in [0.717, 1.165) is 32.1 Å². The van der Waals surface area contributed by atoms with Gasteiger partial charge in [0, 0.05) is 25.8 Å². The zero-order valence-electron chi connectivity index (χ0n) is 18.4. The molecule has 2 aliphatic rings. The minimum absolute atomic E-state index is 0.0135. The number of methoxy groups -OCH3 is 1. The largest absolute Gasteiger partial charge is 0.467 e. The maximum Gasteiger partial charge on any atom is 0.328 e. The number of carbonyl (C=O) groups is 3. The molecule has 1 aliphatic carbocycles. The van der Waals surface area contributed by atoms with Crippen molar-refractivity contribution in [1.29, 1.82) is 0 Å². The van der Waals surface area contributed by atoms with Crippen LogP contribution in [0.2, 0.25) is 0 Å². The van der Waals surface area contributed by atoms with E-state index in [0.29, 0.717) is 32.4 Å². The summed E-state index contributed by atoms with van der Waals surface area (Å²) in [6, 6.07) is 7.70. The van der Waals surface area contributed by atoms with Gasteiger partial charge in [0.1, 0.15) is 6.04 Å². The first-order valence-corrected chi connectivity index (χ1v) is 11.1. The molecular formula is C24H32N2O5. The predicted molar refractivity (Wildman–Crippen MR) is 117 cm³/mol. The molecule has 1 aliphatic heterocycles. The molecule has 0 saturated heterocycles. The first-order chi connectivity index (χ1) is 15.0. The Hall–Kier alpha value is -2.67. The highest BCUT2D eigenvalue weighted by molar-refractivity contribution is 5.90. The molecule has 7 nitrogen and oxygen atoms in total. The average Bonchev–Trinajstić information content (AvgIpc) is 3.16. The van der Waals surface area contributed by atoms with E-state index >= 15 is 0 Å². The highest BCUT2D eigenvalue weighted by atomic mass is 16.6. The van der Waals surface area contributed by atoms with Gasteiger partial charge in [-0.1, -0.05) is 42.7 Å². The molecule has 0 aromatic heterocycles. The fourth-order valence-electron chi connectivity index (χ4n) is 4.38. The first kappa shape index (κ1) is 23.0. The molecule has 0 spiro atoms. The summed E-state index contributed by atoms with van der Waals surface area (Å²) in [5, 5.41) is 0. The molecule has 1 heterocycles. The molecule has 1 atom stereocenters. The number of rotatable bonds is 10. The molecule has 1 aromatic carbocycles. The van der Waals surface area contributed by atoms with Crippen molar-refractivity contribution in [3.05, 3.63) is 41.0 Å². The summed E-state index contributed by atoms with van der Waals surface area (Å²) in [6.45, 7) is 2.72. The van der Waals surface area contributed by atoms with Gasteiger partial charge in [0.15, 0.2) is 0 Å². The van der Waals surface area contributed by atoms with E-state index < -0.39 is 6.04 Å². The Labute approximate surface area is 183 Å². The molecule has 1 aromatic rings. The van der Waals surface area contributed by atoms with Crippen LogP contribution in [-0.2, 0) is 30.4 Å². The van der Waals surface area contributed by atoms with Crippen LogP contribution in [0.1, 0.15) is 63.0 Å². The fourth-order valence-corrected chi connectivity index (χ4v) is 4.38. The summed E-state index contributed by atoms with van der Waals surface area (Å²) in [4.78, 5) is 43.5. The second kappa shape index (κ2) is 11.1. The van der Waals surface area contributed by atoms with Crippen molar-refractivity contribution in [2.45, 2.75) is 64.3 Å². The molecule has 0 unspecified atom stereocenters. The van der Waals surface area contributed by atoms with Gasteiger partial charge in [-0.3, -0.25) is 14.4 Å². The van der Waals surface area contributed by atoms with Gasteiger partial charge < -0.3 is 9.64 Å². The second-order valence-corrected chi connectivity index (χ2v) is 8.05. The number of hydroxylamine groups is 1. The van der Waals surface area contributed by atoms with E-state index in [-0.39, 0.29) is 17.8 Å². The molecule has 0 radical (unpaired) electrons. The van der Waals surface area contributed by atoms with E-state index in [9.17, 15) is 14.4 Å². The second-order valence-electron chi connectivity index (χ2n) is 8.05. The SMILES string of the molecule is CCONC(=O)CCCCCCC(=O)N1CC2=C(Cc3ccccc32)C[C@@H]1C(=O)OC. The zero-order chi connectivity index (χ0) is 22.2. The van der Waals surface area contributed by atoms with Crippen molar-refractivity contribution in [1.82, 2.24) is 10.4 Å². The zero-order valence-corrected chi connectivity index (χ0v) is 18.4. The monoisotopic (exact) mass is 428 g/mol. The Morgan fingerprint density at radius 3 is 2.58 bits per heavy atom. The van der Waals surface area contributed by atoms with Gasteiger partial charge in [0.05, 0.1) is 13.7 Å². The van der Waals surface area contributed by atoms with Crippen molar-refractivity contribution < 1.29 is 24.0 Å². The normalized spacial score (nSPS) is 17.2. The van der Waals surface area contributed by atoms with Crippen molar-refractivity contribution in [3.63, 3.8) is 0 Å². The predicted octanol–water partition coefficient (Wildman–Crippen LogP) is 3.18. The van der Waals surface area contributed by atoms with E-state index in [1.54, 1.807) is 4.90 Å². The van der Waals surface area contributed by atoms with Crippen LogP contribution in [0.15, 0.2) is 29.8 Å². The van der Waals surface area contributed by atoms with Gasteiger partial charge >= 0.3 is 5.97 Å². The number of fused-ring (bicyclic) bond motifs is 2. The molecule has 2 amide bonds. The molecule has 1 N–H and O–H groups in total. The van der Waals surface area contributed by atoms with Crippen LogP contribution in [0.5, 0.6) is 0 Å². The number of benzene rings is 1. The van der Waals surface area contributed by atoms with Gasteiger partial charge in [0.2, 0.25) is 11.8 Å². The quantitative estimate of drug-likeness (QED) is 0.351. The van der Waals surface area contributed by atoms with Crippen LogP contribution < -0.4 is 5.48 Å². The summed E-state index contributed by atoms with van der Waals surface area (Å²) < 4.78 is 5.00. The van der Waals surface area contributed by atoms with Crippen LogP contribution in [0.3, 0.4) is 0 Å². The first-order valence-electron chi connectivity index (χ1n) is 11.1. The van der Waals surface area contributed by atoms with Crippen LogP contribution in [0.25, 0.3) is 5.57 Å². The Bertz CT molecular complexity index is 848. The Morgan fingerprint density at radius 2 is 1.84 bits per heavy atom. The smallest absolute Gasteiger partial charge is 0.328 e. The standard InChI is InChI=1S/C24H32N2O5/c1-3-31-25-22(27)12-6-4-5-7-13-23(28)26-16-20-18(15-21(26)24(29)30-2)14-17-10-8-9-11-19(17)20/h8-11,21H,3-7,12-16H2,1-2H3,(H,25,27)/t21-/m1/s1. The Kier molecular flexibility index (Phi) is 8.23. The molecule has 31 heavy (non-hydrogen) atoms. The fraction of sp³-hybridized carbons (Fsp3) is 0.542. The number of carbonyl (C=O) groups excluding carboxylic acids is 3. The minimum atomic E-state index is -0.548. The summed E-state index contributed by atoms with van der Waals surface area (Å²) >= 11 is 0. The van der Waals surface area contributed by atoms with Gasteiger partial charge in [-0.05, 0) is 42.9 Å². The van der Waals surface area contributed by atoms with E-state index in [1.807, 2.05) is 19.1 Å². The lowest BCUT2D eigenvalue weighted by Crippen LogP contribution is -2.48. The molecule has 0 saturated carbocycles. The number of nitrogens with zero attached hydrogens (tertiary/aromatic N) is 1. The van der Waals surface area contributed by atoms with Crippen LogP contribution in [0.4, 0.5) is 0 Å². The summed E-state index contributed by atoms with van der Waals surface area (Å²) in [7, 11) is 1.37. The average molecular weight is 429 g/mol. The van der Waals surface area contributed by atoms with E-state index in [1.165, 1.54) is 29.4 Å². The highest BCUT2D eigenvalue weighted by Crippen LogP contribution is 2.40. The van der Waals surface area contributed by atoms with Crippen molar-refractivity contribution >= 4 is 23.4 Å². The number of amides is 2. The van der Waals surface area contributed by atoms with E-state index in [4.69, 9.17) is 9.57 Å². The van der Waals surface area contributed by atoms with Gasteiger partial charge in [-0.25, -0.2) is 10.3 Å². The lowest BCUT2D eigenvalue weighted by atomic mass is 9.93. The molecule has 0 bridgehead atoms. The van der Waals surface area contributed by atoms with Gasteiger partial charge in [0.25, 0.3) is 0 Å². The topological polar surface area (TPSA) is 84.9 Å². The third-order valence-electron chi connectivity index (χ3n) is 5.99. The van der Waals surface area contributed by atoms with Crippen LogP contribution in [-0.4, -0.2) is 49.0 Å². The van der Waals surface area contributed by atoms with E-state index in [2.05, 4.69) is 17.6 Å². The van der Waals surface area contributed by atoms with Crippen molar-refractivity contribution in [2.24, 2.45) is 0 Å². The molecule has 168 valence electrons. The van der Waals surface area contributed by atoms with Crippen LogP contribution >= 0.6 is 0 Å². The maximum absolute atomic E-state index is 13.0. The molecule has 7 heteroatoms. The number of hydrogen-bond donors (Lipinski definition) is 1. The third-order valence-corrected chi connectivity index (χ3v) is 5.99. The van der Waals surface area contributed by atoms with Gasteiger partial charge in [-0.2, -0.15) is 0 Å². The Balaban J connectivity index is 1.52. The lowest BCUT2D eigenvalue weighted by molar-refractivity contribution is -0.152. The number of unbranched alkanes of at least 4 members (excludes halogenated alkanes) is 3. The third kappa shape index (κ3) is 5.73. The molecule has 3 rings (SSSR count). The van der Waals surface area contributed by atoms with Crippen molar-refractivity contribution in [3.8, 4) is 0 Å². The summed E-state index contributed by atoms with van der Waals surface area (Å²) in [5.74, 6) is -0.482. The molecule has 0 fully saturated rings. The summed E-state index contributed by atoms with van der Waals surface area (Å²) in [6.07, 6.45) is 5.42. The number of ether oxygens (including phenoxy) is 1. The minimum Gasteiger partial charge on any atom is -0.467 e. The number of hydrogen-bond acceptors (Lipinski definition) is 5. The number of nitrogens with one attached hydrogen (secondary N) is 1. The maximum atomic E-state index is 13.0. The van der Waals surface area contributed by atoms with Gasteiger partial charge in [-0.15, -0.1) is 0 Å². The lowest BCUT2D eigenvalue weighted by Gasteiger charge is -2.35. The molecular weight excluding hydrogens is 396 g/mol. The Morgan fingerprint density at radius 1 is 1.10 bits per heavy atom. The highest BCUT2D eigenvalue weighted by Gasteiger charge is 2.38. The number of esters is 1.